The van der Waals surface area contributed by atoms with E-state index in [1.165, 1.54) is 19.3 Å². The molecule has 0 spiro atoms. The van der Waals surface area contributed by atoms with Gasteiger partial charge < -0.3 is 10.1 Å². The smallest absolute Gasteiger partial charge is 0.0619 e. The summed E-state index contributed by atoms with van der Waals surface area (Å²) < 4.78 is 5.36. The highest BCUT2D eigenvalue weighted by Gasteiger charge is 2.14. The average molecular weight is 157 g/mol. The Morgan fingerprint density at radius 3 is 3.00 bits per heavy atom. The Bertz CT molecular complexity index is 99.7. The molecule has 0 radical (unpaired) electrons. The minimum Gasteiger partial charge on any atom is -0.380 e. The molecule has 11 heavy (non-hydrogen) atoms. The number of hydrogen-bond donors (Lipinski definition) is 1. The summed E-state index contributed by atoms with van der Waals surface area (Å²) >= 11 is 0. The molecule has 1 aliphatic rings. The molecule has 2 heteroatoms. The van der Waals surface area contributed by atoms with Crippen molar-refractivity contribution >= 4 is 0 Å². The van der Waals surface area contributed by atoms with Crippen molar-refractivity contribution < 1.29 is 4.74 Å². The Morgan fingerprint density at radius 2 is 2.45 bits per heavy atom. The molecular formula is C9H19NO. The summed E-state index contributed by atoms with van der Waals surface area (Å²) in [7, 11) is 0. The van der Waals surface area contributed by atoms with Crippen molar-refractivity contribution in [3.8, 4) is 0 Å². The Morgan fingerprint density at radius 1 is 1.64 bits per heavy atom. The first kappa shape index (κ1) is 9.01. The fourth-order valence-electron chi connectivity index (χ4n) is 1.39. The van der Waals surface area contributed by atoms with E-state index in [1.54, 1.807) is 0 Å². The van der Waals surface area contributed by atoms with E-state index in [2.05, 4.69) is 19.2 Å². The summed E-state index contributed by atoms with van der Waals surface area (Å²) in [6.07, 6.45) is 3.70. The van der Waals surface area contributed by atoms with Crippen LogP contribution in [0.15, 0.2) is 0 Å². The van der Waals surface area contributed by atoms with Crippen LogP contribution in [0.1, 0.15) is 33.1 Å². The molecule has 2 atom stereocenters. The van der Waals surface area contributed by atoms with Crippen molar-refractivity contribution in [2.45, 2.75) is 45.2 Å². The quantitative estimate of drug-likeness (QED) is 0.671. The summed E-state index contributed by atoms with van der Waals surface area (Å²) in [5.41, 5.74) is 0. The second kappa shape index (κ2) is 4.73. The fraction of sp³-hybridized carbons (Fsp3) is 1.00. The first-order valence-electron chi connectivity index (χ1n) is 4.66. The van der Waals surface area contributed by atoms with E-state index in [0.717, 1.165) is 13.2 Å². The Hall–Kier alpha value is -0.0800. The SMILES string of the molecule is CCC(C)NC1CCCOC1. The van der Waals surface area contributed by atoms with Crippen molar-refractivity contribution in [1.29, 1.82) is 0 Å². The highest BCUT2D eigenvalue weighted by Crippen LogP contribution is 2.06. The van der Waals surface area contributed by atoms with Gasteiger partial charge in [-0.15, -0.1) is 0 Å². The predicted octanol–water partition coefficient (Wildman–Crippen LogP) is 1.55. The molecule has 0 bridgehead atoms. The minimum absolute atomic E-state index is 0.610. The normalized spacial score (nSPS) is 28.4. The molecule has 2 nitrogen and oxygen atoms in total. The molecule has 2 unspecified atom stereocenters. The number of hydrogen-bond acceptors (Lipinski definition) is 2. The van der Waals surface area contributed by atoms with Gasteiger partial charge in [-0.3, -0.25) is 0 Å². The van der Waals surface area contributed by atoms with Gasteiger partial charge in [0.1, 0.15) is 0 Å². The fourth-order valence-corrected chi connectivity index (χ4v) is 1.39. The van der Waals surface area contributed by atoms with Crippen LogP contribution in [0, 0.1) is 0 Å². The Labute approximate surface area is 69.3 Å². The van der Waals surface area contributed by atoms with Gasteiger partial charge >= 0.3 is 0 Å². The van der Waals surface area contributed by atoms with Gasteiger partial charge in [0, 0.05) is 18.7 Å². The van der Waals surface area contributed by atoms with Crippen LogP contribution in [0.4, 0.5) is 0 Å². The van der Waals surface area contributed by atoms with Crippen molar-refractivity contribution in [3.63, 3.8) is 0 Å². The van der Waals surface area contributed by atoms with E-state index < -0.39 is 0 Å². The highest BCUT2D eigenvalue weighted by molar-refractivity contribution is 4.72. The van der Waals surface area contributed by atoms with Crippen LogP contribution < -0.4 is 5.32 Å². The number of ether oxygens (including phenoxy) is 1. The van der Waals surface area contributed by atoms with Crippen molar-refractivity contribution in [3.05, 3.63) is 0 Å². The molecule has 0 amide bonds. The van der Waals surface area contributed by atoms with Crippen LogP contribution in [0.2, 0.25) is 0 Å². The van der Waals surface area contributed by atoms with E-state index >= 15 is 0 Å². The molecule has 0 aromatic rings. The van der Waals surface area contributed by atoms with Crippen molar-refractivity contribution in [2.24, 2.45) is 0 Å². The molecule has 1 aliphatic heterocycles. The molecule has 0 saturated carbocycles. The molecule has 0 aromatic heterocycles. The molecule has 1 fully saturated rings. The second-order valence-electron chi connectivity index (χ2n) is 3.39. The summed E-state index contributed by atoms with van der Waals surface area (Å²) in [4.78, 5) is 0. The molecule has 1 saturated heterocycles. The predicted molar refractivity (Wildman–Crippen MR) is 46.7 cm³/mol. The maximum Gasteiger partial charge on any atom is 0.0619 e. The first-order chi connectivity index (χ1) is 5.33. The monoisotopic (exact) mass is 157 g/mol. The summed E-state index contributed by atoms with van der Waals surface area (Å²) in [5.74, 6) is 0. The van der Waals surface area contributed by atoms with Crippen LogP contribution in [-0.2, 0) is 4.74 Å². The van der Waals surface area contributed by atoms with Gasteiger partial charge in [-0.25, -0.2) is 0 Å². The highest BCUT2D eigenvalue weighted by atomic mass is 16.5. The van der Waals surface area contributed by atoms with E-state index in [-0.39, 0.29) is 0 Å². The largest absolute Gasteiger partial charge is 0.380 e. The molecule has 1 N–H and O–H groups in total. The van der Waals surface area contributed by atoms with Crippen LogP contribution in [-0.4, -0.2) is 25.3 Å². The second-order valence-corrected chi connectivity index (χ2v) is 3.39. The lowest BCUT2D eigenvalue weighted by molar-refractivity contribution is 0.0669. The lowest BCUT2D eigenvalue weighted by Gasteiger charge is -2.26. The van der Waals surface area contributed by atoms with Gasteiger partial charge in [0.2, 0.25) is 0 Å². The third kappa shape index (κ3) is 3.21. The Balaban J connectivity index is 2.13. The summed E-state index contributed by atoms with van der Waals surface area (Å²) in [6, 6.07) is 1.25. The van der Waals surface area contributed by atoms with Gasteiger partial charge in [-0.1, -0.05) is 6.92 Å². The average Bonchev–Trinajstić information content (AvgIpc) is 2.06. The lowest BCUT2D eigenvalue weighted by Crippen LogP contribution is -2.41. The van der Waals surface area contributed by atoms with E-state index in [0.29, 0.717) is 12.1 Å². The van der Waals surface area contributed by atoms with E-state index in [1.807, 2.05) is 0 Å². The van der Waals surface area contributed by atoms with Crippen molar-refractivity contribution in [2.75, 3.05) is 13.2 Å². The number of nitrogens with one attached hydrogen (secondary N) is 1. The topological polar surface area (TPSA) is 21.3 Å². The third-order valence-corrected chi connectivity index (χ3v) is 2.29. The van der Waals surface area contributed by atoms with Crippen LogP contribution in [0.3, 0.4) is 0 Å². The van der Waals surface area contributed by atoms with Gasteiger partial charge in [0.15, 0.2) is 0 Å². The third-order valence-electron chi connectivity index (χ3n) is 2.29. The van der Waals surface area contributed by atoms with Crippen LogP contribution >= 0.6 is 0 Å². The standard InChI is InChI=1S/C9H19NO/c1-3-8(2)10-9-5-4-6-11-7-9/h8-10H,3-7H2,1-2H3. The van der Waals surface area contributed by atoms with Gasteiger partial charge in [-0.05, 0) is 26.2 Å². The number of rotatable bonds is 3. The molecule has 0 aliphatic carbocycles. The Kier molecular flexibility index (Phi) is 3.87. The van der Waals surface area contributed by atoms with Gasteiger partial charge in [0.25, 0.3) is 0 Å². The van der Waals surface area contributed by atoms with Gasteiger partial charge in [0.05, 0.1) is 6.61 Å². The molecule has 66 valence electrons. The van der Waals surface area contributed by atoms with E-state index in [9.17, 15) is 0 Å². The van der Waals surface area contributed by atoms with Crippen LogP contribution in [0.5, 0.6) is 0 Å². The van der Waals surface area contributed by atoms with E-state index in [4.69, 9.17) is 4.74 Å². The lowest BCUT2D eigenvalue weighted by atomic mass is 10.1. The first-order valence-corrected chi connectivity index (χ1v) is 4.66. The molecule has 0 aromatic carbocycles. The minimum atomic E-state index is 0.610. The maximum absolute atomic E-state index is 5.36. The molecule has 1 rings (SSSR count). The van der Waals surface area contributed by atoms with Gasteiger partial charge in [-0.2, -0.15) is 0 Å². The molecular weight excluding hydrogens is 138 g/mol. The summed E-state index contributed by atoms with van der Waals surface area (Å²) in [5, 5.41) is 3.54. The maximum atomic E-state index is 5.36. The van der Waals surface area contributed by atoms with Crippen molar-refractivity contribution in [1.82, 2.24) is 5.32 Å². The zero-order valence-corrected chi connectivity index (χ0v) is 7.60. The zero-order valence-electron chi connectivity index (χ0n) is 7.60. The van der Waals surface area contributed by atoms with Crippen LogP contribution in [0.25, 0.3) is 0 Å². The summed E-state index contributed by atoms with van der Waals surface area (Å²) in [6.45, 7) is 6.30. The molecule has 1 heterocycles. The zero-order chi connectivity index (χ0) is 8.10.